The van der Waals surface area contributed by atoms with Crippen molar-refractivity contribution in [3.05, 3.63) is 0 Å². The maximum Gasteiger partial charge on any atom is 0.303 e. The summed E-state index contributed by atoms with van der Waals surface area (Å²) in [4.78, 5) is 15.1. The number of piperidine rings is 1. The predicted molar refractivity (Wildman–Crippen MR) is 64.6 cm³/mol. The van der Waals surface area contributed by atoms with Crippen molar-refractivity contribution in [1.29, 1.82) is 0 Å². The molecule has 0 aromatic rings. The lowest BCUT2D eigenvalue weighted by Crippen LogP contribution is -2.42. The van der Waals surface area contributed by atoms with E-state index >= 15 is 0 Å². The minimum absolute atomic E-state index is 0.307. The molecule has 0 unspecified atom stereocenters. The molecule has 1 rings (SSSR count). The molecule has 1 aliphatic heterocycles. The average Bonchev–Trinajstić information content (AvgIpc) is 2.25. The van der Waals surface area contributed by atoms with E-state index in [9.17, 15) is 4.79 Å². The number of unbranched alkanes of at least 4 members (excludes halogenated alkanes) is 1. The van der Waals surface area contributed by atoms with Crippen LogP contribution >= 0.6 is 0 Å². The normalized spacial score (nSPS) is 19.2. The van der Waals surface area contributed by atoms with Crippen molar-refractivity contribution in [2.75, 3.05) is 33.7 Å². The highest BCUT2D eigenvalue weighted by Crippen LogP contribution is 2.14. The molecule has 4 nitrogen and oxygen atoms in total. The Morgan fingerprint density at radius 3 is 2.56 bits per heavy atom. The molecule has 0 spiro atoms. The van der Waals surface area contributed by atoms with E-state index in [4.69, 9.17) is 5.11 Å². The van der Waals surface area contributed by atoms with Crippen LogP contribution in [0, 0.1) is 0 Å². The lowest BCUT2D eigenvalue weighted by molar-refractivity contribution is -0.137. The second-order valence-corrected chi connectivity index (χ2v) is 4.87. The van der Waals surface area contributed by atoms with Crippen LogP contribution in [0.4, 0.5) is 0 Å². The van der Waals surface area contributed by atoms with E-state index in [0.29, 0.717) is 12.5 Å². The number of carboxylic acids is 1. The van der Waals surface area contributed by atoms with Crippen LogP contribution in [-0.2, 0) is 4.79 Å². The summed E-state index contributed by atoms with van der Waals surface area (Å²) in [6.45, 7) is 3.40. The van der Waals surface area contributed by atoms with Crippen LogP contribution < -0.4 is 0 Å². The number of hydrogen-bond donors (Lipinski definition) is 1. The molecule has 0 saturated carbocycles. The molecule has 0 aromatic heterocycles. The van der Waals surface area contributed by atoms with Crippen LogP contribution in [0.25, 0.3) is 0 Å². The van der Waals surface area contributed by atoms with Gasteiger partial charge in [0.15, 0.2) is 0 Å². The number of aliphatic carboxylic acids is 1. The maximum absolute atomic E-state index is 10.4. The Kier molecular flexibility index (Phi) is 5.77. The van der Waals surface area contributed by atoms with Gasteiger partial charge in [0.05, 0.1) is 0 Å². The second-order valence-electron chi connectivity index (χ2n) is 4.87. The van der Waals surface area contributed by atoms with E-state index in [1.807, 2.05) is 0 Å². The monoisotopic (exact) mass is 228 g/mol. The lowest BCUT2D eigenvalue weighted by Gasteiger charge is -2.35. The van der Waals surface area contributed by atoms with Gasteiger partial charge in [0.1, 0.15) is 0 Å². The highest BCUT2D eigenvalue weighted by atomic mass is 16.4. The van der Waals surface area contributed by atoms with Crippen molar-refractivity contribution in [3.8, 4) is 0 Å². The van der Waals surface area contributed by atoms with Gasteiger partial charge in [-0.25, -0.2) is 0 Å². The molecular formula is C12H24N2O2. The first-order valence-corrected chi connectivity index (χ1v) is 6.20. The fourth-order valence-electron chi connectivity index (χ4n) is 2.26. The number of likely N-dealkylation sites (tertiary alicyclic amines) is 1. The van der Waals surface area contributed by atoms with Crippen LogP contribution in [0.5, 0.6) is 0 Å². The zero-order chi connectivity index (χ0) is 12.0. The third kappa shape index (κ3) is 4.94. The van der Waals surface area contributed by atoms with Gasteiger partial charge in [0.25, 0.3) is 0 Å². The Morgan fingerprint density at radius 1 is 1.38 bits per heavy atom. The van der Waals surface area contributed by atoms with Gasteiger partial charge >= 0.3 is 5.97 Å². The summed E-state index contributed by atoms with van der Waals surface area (Å²) in [6, 6.07) is 0.695. The van der Waals surface area contributed by atoms with E-state index in [-0.39, 0.29) is 0 Å². The van der Waals surface area contributed by atoms with Crippen LogP contribution in [-0.4, -0.2) is 60.6 Å². The Labute approximate surface area is 98.2 Å². The highest BCUT2D eigenvalue weighted by Gasteiger charge is 2.19. The summed E-state index contributed by atoms with van der Waals surface area (Å²) < 4.78 is 0. The Balaban J connectivity index is 2.10. The van der Waals surface area contributed by atoms with Gasteiger partial charge in [0.2, 0.25) is 0 Å². The molecule has 0 radical (unpaired) electrons. The molecule has 1 N–H and O–H groups in total. The molecule has 0 aromatic carbocycles. The smallest absolute Gasteiger partial charge is 0.303 e. The summed E-state index contributed by atoms with van der Waals surface area (Å²) in [5.74, 6) is -0.679. The minimum Gasteiger partial charge on any atom is -0.481 e. The van der Waals surface area contributed by atoms with Gasteiger partial charge < -0.3 is 14.9 Å². The van der Waals surface area contributed by atoms with E-state index in [1.165, 1.54) is 25.9 Å². The number of hydrogen-bond acceptors (Lipinski definition) is 3. The average molecular weight is 228 g/mol. The Bertz CT molecular complexity index is 213. The van der Waals surface area contributed by atoms with E-state index < -0.39 is 5.97 Å². The fraction of sp³-hybridized carbons (Fsp3) is 0.917. The number of rotatable bonds is 6. The SMILES string of the molecule is CN1CCC(N(C)CCCCC(=O)O)CC1. The van der Waals surface area contributed by atoms with Crippen molar-refractivity contribution < 1.29 is 9.90 Å². The number of carbonyl (C=O) groups is 1. The molecule has 0 amide bonds. The van der Waals surface area contributed by atoms with E-state index in [1.54, 1.807) is 0 Å². The molecule has 1 fully saturated rings. The summed E-state index contributed by atoms with van der Waals surface area (Å²) in [7, 11) is 4.33. The topological polar surface area (TPSA) is 43.8 Å². The first-order chi connectivity index (χ1) is 7.59. The molecule has 1 heterocycles. The van der Waals surface area contributed by atoms with Crippen molar-refractivity contribution in [1.82, 2.24) is 9.80 Å². The molecule has 94 valence electrons. The van der Waals surface area contributed by atoms with E-state index in [2.05, 4.69) is 23.9 Å². The standard InChI is InChI=1S/C12H24N2O2/c1-13-9-6-11(7-10-13)14(2)8-4-3-5-12(15)16/h11H,3-10H2,1-2H3,(H,15,16). The molecular weight excluding hydrogens is 204 g/mol. The van der Waals surface area contributed by atoms with Gasteiger partial charge in [-0.1, -0.05) is 0 Å². The Hall–Kier alpha value is -0.610. The zero-order valence-electron chi connectivity index (χ0n) is 10.5. The summed E-state index contributed by atoms with van der Waals surface area (Å²) >= 11 is 0. The fourth-order valence-corrected chi connectivity index (χ4v) is 2.26. The van der Waals surface area contributed by atoms with Crippen molar-refractivity contribution in [2.24, 2.45) is 0 Å². The third-order valence-corrected chi connectivity index (χ3v) is 3.46. The van der Waals surface area contributed by atoms with Gasteiger partial charge in [-0.2, -0.15) is 0 Å². The summed E-state index contributed by atoms with van der Waals surface area (Å²) in [5, 5.41) is 8.54. The largest absolute Gasteiger partial charge is 0.481 e. The van der Waals surface area contributed by atoms with Gasteiger partial charge in [-0.3, -0.25) is 4.79 Å². The highest BCUT2D eigenvalue weighted by molar-refractivity contribution is 5.66. The molecule has 0 aliphatic carbocycles. The molecule has 0 atom stereocenters. The second kappa shape index (κ2) is 6.86. The van der Waals surface area contributed by atoms with Crippen molar-refractivity contribution in [2.45, 2.75) is 38.1 Å². The van der Waals surface area contributed by atoms with Gasteiger partial charge in [-0.15, -0.1) is 0 Å². The van der Waals surface area contributed by atoms with E-state index in [0.717, 1.165) is 19.4 Å². The molecule has 16 heavy (non-hydrogen) atoms. The van der Waals surface area contributed by atoms with Crippen LogP contribution in [0.2, 0.25) is 0 Å². The molecule has 0 bridgehead atoms. The third-order valence-electron chi connectivity index (χ3n) is 3.46. The van der Waals surface area contributed by atoms with Crippen LogP contribution in [0.1, 0.15) is 32.1 Å². The summed E-state index contributed by atoms with van der Waals surface area (Å²) in [6.07, 6.45) is 4.58. The predicted octanol–water partition coefficient (Wildman–Crippen LogP) is 1.27. The first kappa shape index (κ1) is 13.5. The molecule has 4 heteroatoms. The maximum atomic E-state index is 10.4. The Morgan fingerprint density at radius 2 is 2.00 bits per heavy atom. The minimum atomic E-state index is -0.679. The van der Waals surface area contributed by atoms with Crippen molar-refractivity contribution >= 4 is 5.97 Å². The summed E-state index contributed by atoms with van der Waals surface area (Å²) in [5.41, 5.74) is 0. The molecule has 1 saturated heterocycles. The van der Waals surface area contributed by atoms with Gasteiger partial charge in [-0.05, 0) is 59.4 Å². The lowest BCUT2D eigenvalue weighted by atomic mass is 10.0. The first-order valence-electron chi connectivity index (χ1n) is 6.20. The van der Waals surface area contributed by atoms with Crippen LogP contribution in [0.3, 0.4) is 0 Å². The molecule has 1 aliphatic rings. The zero-order valence-corrected chi connectivity index (χ0v) is 10.5. The van der Waals surface area contributed by atoms with Crippen LogP contribution in [0.15, 0.2) is 0 Å². The number of carboxylic acid groups (broad SMARTS) is 1. The quantitative estimate of drug-likeness (QED) is 0.695. The number of nitrogens with zero attached hydrogens (tertiary/aromatic N) is 2. The van der Waals surface area contributed by atoms with Crippen molar-refractivity contribution in [3.63, 3.8) is 0 Å². The van der Waals surface area contributed by atoms with Gasteiger partial charge in [0, 0.05) is 12.5 Å².